The number of ether oxygens (including phenoxy) is 1. The van der Waals surface area contributed by atoms with Gasteiger partial charge in [0.2, 0.25) is 0 Å². The third-order valence-electron chi connectivity index (χ3n) is 3.18. The van der Waals surface area contributed by atoms with Crippen molar-refractivity contribution in [2.75, 3.05) is 13.2 Å². The van der Waals surface area contributed by atoms with Crippen LogP contribution >= 0.6 is 0 Å². The minimum Gasteiger partial charge on any atom is -0.454 e. The standard InChI is InChI=1S/C14H25F3N2O3/c1-8(2)10(5)19-11(20)6-22-13(21)12(9(3)4)18-7-14(15,16)17/h8-10,12,18H,6-7H2,1-5H3,(H,19,20)/t10-,12+/m0/s1. The Bertz CT molecular complexity index is 371. The second-order valence-electron chi connectivity index (χ2n) is 5.93. The minimum atomic E-state index is -4.42. The maximum Gasteiger partial charge on any atom is 0.401 e. The predicted molar refractivity (Wildman–Crippen MR) is 76.1 cm³/mol. The van der Waals surface area contributed by atoms with Gasteiger partial charge in [-0.3, -0.25) is 14.9 Å². The molecule has 8 heteroatoms. The van der Waals surface area contributed by atoms with Crippen molar-refractivity contribution in [1.29, 1.82) is 0 Å². The molecule has 0 aliphatic carbocycles. The van der Waals surface area contributed by atoms with E-state index in [9.17, 15) is 22.8 Å². The molecule has 0 fully saturated rings. The first kappa shape index (κ1) is 20.7. The van der Waals surface area contributed by atoms with Crippen LogP contribution in [0.15, 0.2) is 0 Å². The van der Waals surface area contributed by atoms with Gasteiger partial charge in [-0.2, -0.15) is 13.2 Å². The summed E-state index contributed by atoms with van der Waals surface area (Å²) in [7, 11) is 0. The van der Waals surface area contributed by atoms with E-state index in [4.69, 9.17) is 4.74 Å². The molecular formula is C14H25F3N2O3. The molecule has 0 aromatic rings. The van der Waals surface area contributed by atoms with Gasteiger partial charge in [0.15, 0.2) is 6.61 Å². The topological polar surface area (TPSA) is 67.4 Å². The smallest absolute Gasteiger partial charge is 0.401 e. The fraction of sp³-hybridized carbons (Fsp3) is 0.857. The average Bonchev–Trinajstić information content (AvgIpc) is 2.34. The highest BCUT2D eigenvalue weighted by atomic mass is 19.4. The van der Waals surface area contributed by atoms with Crippen molar-refractivity contribution in [3.8, 4) is 0 Å². The highest BCUT2D eigenvalue weighted by Gasteiger charge is 2.32. The second kappa shape index (κ2) is 8.97. The first-order chi connectivity index (χ1) is 9.94. The maximum absolute atomic E-state index is 12.2. The van der Waals surface area contributed by atoms with Crippen LogP contribution in [0, 0.1) is 11.8 Å². The molecule has 0 saturated carbocycles. The Hall–Kier alpha value is -1.31. The van der Waals surface area contributed by atoms with Crippen LogP contribution in [0.3, 0.4) is 0 Å². The maximum atomic E-state index is 12.2. The molecule has 0 aromatic carbocycles. The normalized spacial score (nSPS) is 14.8. The molecule has 0 saturated heterocycles. The molecule has 0 rings (SSSR count). The Kier molecular flexibility index (Phi) is 8.44. The van der Waals surface area contributed by atoms with E-state index in [0.717, 1.165) is 0 Å². The van der Waals surface area contributed by atoms with Crippen molar-refractivity contribution >= 4 is 11.9 Å². The third-order valence-corrected chi connectivity index (χ3v) is 3.18. The molecule has 2 N–H and O–H groups in total. The quantitative estimate of drug-likeness (QED) is 0.668. The van der Waals surface area contributed by atoms with E-state index >= 15 is 0 Å². The summed E-state index contributed by atoms with van der Waals surface area (Å²) in [4.78, 5) is 23.4. The fourth-order valence-electron chi connectivity index (χ4n) is 1.51. The molecule has 130 valence electrons. The molecule has 2 atom stereocenters. The lowest BCUT2D eigenvalue weighted by atomic mass is 10.0. The van der Waals surface area contributed by atoms with E-state index in [2.05, 4.69) is 10.6 Å². The summed E-state index contributed by atoms with van der Waals surface area (Å²) in [5.74, 6) is -1.52. The number of hydrogen-bond donors (Lipinski definition) is 2. The zero-order chi connectivity index (χ0) is 17.5. The summed E-state index contributed by atoms with van der Waals surface area (Å²) >= 11 is 0. The number of esters is 1. The molecule has 0 heterocycles. The molecule has 0 aromatic heterocycles. The second-order valence-corrected chi connectivity index (χ2v) is 5.93. The Morgan fingerprint density at radius 3 is 2.00 bits per heavy atom. The summed E-state index contributed by atoms with van der Waals surface area (Å²) in [6, 6.07) is -1.20. The predicted octanol–water partition coefficient (Wildman–Crippen LogP) is 1.87. The van der Waals surface area contributed by atoms with Crippen LogP contribution in [0.25, 0.3) is 0 Å². The van der Waals surface area contributed by atoms with Gasteiger partial charge in [-0.25, -0.2) is 0 Å². The van der Waals surface area contributed by atoms with Gasteiger partial charge >= 0.3 is 12.1 Å². The first-order valence-electron chi connectivity index (χ1n) is 7.20. The van der Waals surface area contributed by atoms with E-state index < -0.39 is 43.2 Å². The molecule has 5 nitrogen and oxygen atoms in total. The van der Waals surface area contributed by atoms with Crippen molar-refractivity contribution in [2.45, 2.75) is 52.9 Å². The number of alkyl halides is 3. The largest absolute Gasteiger partial charge is 0.454 e. The van der Waals surface area contributed by atoms with Crippen LogP contribution in [0.5, 0.6) is 0 Å². The Labute approximate surface area is 129 Å². The Morgan fingerprint density at radius 2 is 1.59 bits per heavy atom. The monoisotopic (exact) mass is 326 g/mol. The third kappa shape index (κ3) is 8.86. The summed E-state index contributed by atoms with van der Waals surface area (Å²) in [6.07, 6.45) is -4.42. The molecule has 0 bridgehead atoms. The number of nitrogens with one attached hydrogen (secondary N) is 2. The highest BCUT2D eigenvalue weighted by Crippen LogP contribution is 2.14. The van der Waals surface area contributed by atoms with Gasteiger partial charge in [0.05, 0.1) is 6.54 Å². The van der Waals surface area contributed by atoms with E-state index in [-0.39, 0.29) is 12.0 Å². The zero-order valence-corrected chi connectivity index (χ0v) is 13.6. The van der Waals surface area contributed by atoms with Crippen LogP contribution in [0.4, 0.5) is 13.2 Å². The molecule has 0 aliphatic rings. The molecule has 22 heavy (non-hydrogen) atoms. The summed E-state index contributed by atoms with van der Waals surface area (Å²) in [5.41, 5.74) is 0. The van der Waals surface area contributed by atoms with E-state index in [1.807, 2.05) is 20.8 Å². The molecule has 0 aliphatic heterocycles. The van der Waals surface area contributed by atoms with Gasteiger partial charge in [0, 0.05) is 6.04 Å². The summed E-state index contributed by atoms with van der Waals surface area (Å²) in [6.45, 7) is 7.05. The van der Waals surface area contributed by atoms with Gasteiger partial charge in [-0.05, 0) is 18.8 Å². The van der Waals surface area contributed by atoms with Crippen LogP contribution in [0.2, 0.25) is 0 Å². The van der Waals surface area contributed by atoms with Crippen molar-refractivity contribution in [1.82, 2.24) is 10.6 Å². The van der Waals surface area contributed by atoms with Crippen LogP contribution < -0.4 is 10.6 Å². The van der Waals surface area contributed by atoms with Gasteiger partial charge in [-0.1, -0.05) is 27.7 Å². The first-order valence-corrected chi connectivity index (χ1v) is 7.20. The van der Waals surface area contributed by atoms with Gasteiger partial charge in [0.25, 0.3) is 5.91 Å². The lowest BCUT2D eigenvalue weighted by molar-refractivity contribution is -0.154. The van der Waals surface area contributed by atoms with Crippen molar-refractivity contribution in [2.24, 2.45) is 11.8 Å². The van der Waals surface area contributed by atoms with Crippen LogP contribution in [0.1, 0.15) is 34.6 Å². The number of rotatable bonds is 8. The number of halogens is 3. The molecular weight excluding hydrogens is 301 g/mol. The molecule has 0 spiro atoms. The summed E-state index contributed by atoms with van der Waals surface area (Å²) < 4.78 is 41.4. The summed E-state index contributed by atoms with van der Waals surface area (Å²) in [5, 5.41) is 4.75. The van der Waals surface area contributed by atoms with Crippen molar-refractivity contribution in [3.05, 3.63) is 0 Å². The average molecular weight is 326 g/mol. The van der Waals surface area contributed by atoms with Crippen LogP contribution in [-0.4, -0.2) is 43.3 Å². The molecule has 1 amide bonds. The van der Waals surface area contributed by atoms with Gasteiger partial charge in [0.1, 0.15) is 6.04 Å². The molecule has 0 unspecified atom stereocenters. The van der Waals surface area contributed by atoms with E-state index in [0.29, 0.717) is 0 Å². The number of carbonyl (C=O) groups is 2. The Balaban J connectivity index is 4.38. The minimum absolute atomic E-state index is 0.0875. The van der Waals surface area contributed by atoms with Crippen molar-refractivity contribution < 1.29 is 27.5 Å². The van der Waals surface area contributed by atoms with Crippen molar-refractivity contribution in [3.63, 3.8) is 0 Å². The van der Waals surface area contributed by atoms with Crippen LogP contribution in [-0.2, 0) is 14.3 Å². The lowest BCUT2D eigenvalue weighted by Crippen LogP contribution is -2.47. The van der Waals surface area contributed by atoms with Gasteiger partial charge in [-0.15, -0.1) is 0 Å². The van der Waals surface area contributed by atoms with Gasteiger partial charge < -0.3 is 10.1 Å². The Morgan fingerprint density at radius 1 is 1.05 bits per heavy atom. The van der Waals surface area contributed by atoms with E-state index in [1.165, 1.54) is 0 Å². The lowest BCUT2D eigenvalue weighted by Gasteiger charge is -2.22. The zero-order valence-electron chi connectivity index (χ0n) is 13.6. The van der Waals surface area contributed by atoms with E-state index in [1.54, 1.807) is 13.8 Å². The number of carbonyl (C=O) groups excluding carboxylic acids is 2. The number of hydrogen-bond acceptors (Lipinski definition) is 4. The fourth-order valence-corrected chi connectivity index (χ4v) is 1.51. The number of amides is 1. The molecule has 0 radical (unpaired) electrons. The highest BCUT2D eigenvalue weighted by molar-refractivity contribution is 5.82. The SMILES string of the molecule is CC(C)[C@H](C)NC(=O)COC(=O)[C@H](NCC(F)(F)F)C(C)C.